The first kappa shape index (κ1) is 14.7. The Morgan fingerprint density at radius 1 is 1.35 bits per heavy atom. The summed E-state index contributed by atoms with van der Waals surface area (Å²) in [6.45, 7) is 0.888. The Hall–Kier alpha value is -1.68. The van der Waals surface area contributed by atoms with Crippen LogP contribution >= 0.6 is 0 Å². The fourth-order valence-electron chi connectivity index (χ4n) is 2.51. The van der Waals surface area contributed by atoms with E-state index in [9.17, 15) is 4.39 Å². The molecule has 2 aromatic rings. The van der Waals surface area contributed by atoms with E-state index in [1.807, 2.05) is 43.2 Å². The smallest absolute Gasteiger partial charge is 0.126 e. The van der Waals surface area contributed by atoms with Gasteiger partial charge in [-0.05, 0) is 44.0 Å². The zero-order chi connectivity index (χ0) is 14.4. The Bertz CT molecular complexity index is 536. The molecule has 108 valence electrons. The first-order chi connectivity index (χ1) is 9.70. The Balaban J connectivity index is 1.97. The topological polar surface area (TPSA) is 29.9 Å². The van der Waals surface area contributed by atoms with Crippen molar-refractivity contribution in [3.63, 3.8) is 0 Å². The third kappa shape index (κ3) is 3.90. The van der Waals surface area contributed by atoms with Gasteiger partial charge in [0.05, 0.1) is 0 Å². The fraction of sp³-hybridized carbons (Fsp3) is 0.438. The van der Waals surface area contributed by atoms with E-state index in [2.05, 4.69) is 10.3 Å². The van der Waals surface area contributed by atoms with Gasteiger partial charge in [0.2, 0.25) is 0 Å². The van der Waals surface area contributed by atoms with Gasteiger partial charge in [0, 0.05) is 25.9 Å². The molecule has 0 radical (unpaired) electrons. The lowest BCUT2D eigenvalue weighted by molar-refractivity contribution is 0.445. The maximum Gasteiger partial charge on any atom is 0.126 e. The molecular weight excluding hydrogens is 253 g/mol. The number of hydrogen-bond acceptors (Lipinski definition) is 2. The minimum absolute atomic E-state index is 0.106. The highest BCUT2D eigenvalue weighted by Crippen LogP contribution is 2.17. The zero-order valence-corrected chi connectivity index (χ0v) is 12.1. The molecule has 1 atom stereocenters. The van der Waals surface area contributed by atoms with Crippen LogP contribution in [0.3, 0.4) is 0 Å². The van der Waals surface area contributed by atoms with Gasteiger partial charge in [-0.1, -0.05) is 18.2 Å². The molecule has 1 aromatic heterocycles. The summed E-state index contributed by atoms with van der Waals surface area (Å²) in [7, 11) is 3.95. The summed E-state index contributed by atoms with van der Waals surface area (Å²) in [6, 6.07) is 7.04. The number of hydrogen-bond donors (Lipinski definition) is 1. The van der Waals surface area contributed by atoms with Gasteiger partial charge in [0.1, 0.15) is 11.6 Å². The van der Waals surface area contributed by atoms with Crippen LogP contribution in [0.4, 0.5) is 4.39 Å². The number of rotatable bonds is 7. The molecule has 1 N–H and O–H groups in total. The van der Waals surface area contributed by atoms with E-state index in [0.717, 1.165) is 37.2 Å². The summed E-state index contributed by atoms with van der Waals surface area (Å²) < 4.78 is 15.8. The van der Waals surface area contributed by atoms with Gasteiger partial charge in [-0.2, -0.15) is 0 Å². The van der Waals surface area contributed by atoms with Crippen molar-refractivity contribution in [2.24, 2.45) is 13.0 Å². The summed E-state index contributed by atoms with van der Waals surface area (Å²) in [5.74, 6) is 1.39. The van der Waals surface area contributed by atoms with E-state index < -0.39 is 0 Å². The minimum atomic E-state index is -0.106. The minimum Gasteiger partial charge on any atom is -0.338 e. The number of imidazole rings is 1. The molecule has 1 unspecified atom stereocenters. The van der Waals surface area contributed by atoms with Crippen LogP contribution in [0.5, 0.6) is 0 Å². The second kappa shape index (κ2) is 7.20. The Kier molecular flexibility index (Phi) is 5.30. The molecule has 0 aliphatic heterocycles. The van der Waals surface area contributed by atoms with Gasteiger partial charge in [-0.25, -0.2) is 9.37 Å². The largest absolute Gasteiger partial charge is 0.338 e. The molecule has 0 aliphatic carbocycles. The van der Waals surface area contributed by atoms with Crippen LogP contribution in [0.1, 0.15) is 17.8 Å². The molecule has 20 heavy (non-hydrogen) atoms. The predicted molar refractivity (Wildman–Crippen MR) is 79.0 cm³/mol. The van der Waals surface area contributed by atoms with Gasteiger partial charge < -0.3 is 9.88 Å². The Morgan fingerprint density at radius 3 is 2.80 bits per heavy atom. The summed E-state index contributed by atoms with van der Waals surface area (Å²) in [5, 5.41) is 3.20. The average molecular weight is 275 g/mol. The van der Waals surface area contributed by atoms with Crippen LogP contribution in [-0.4, -0.2) is 23.1 Å². The molecule has 0 amide bonds. The molecule has 0 bridgehead atoms. The quantitative estimate of drug-likeness (QED) is 0.841. The van der Waals surface area contributed by atoms with Crippen molar-refractivity contribution in [2.45, 2.75) is 19.3 Å². The third-order valence-electron chi connectivity index (χ3n) is 3.66. The van der Waals surface area contributed by atoms with Crippen LogP contribution in [0.25, 0.3) is 0 Å². The zero-order valence-electron chi connectivity index (χ0n) is 12.1. The molecule has 0 saturated carbocycles. The summed E-state index contributed by atoms with van der Waals surface area (Å²) >= 11 is 0. The molecule has 0 aliphatic rings. The highest BCUT2D eigenvalue weighted by molar-refractivity contribution is 5.18. The summed E-state index contributed by atoms with van der Waals surface area (Å²) in [5.41, 5.74) is 0.799. The van der Waals surface area contributed by atoms with E-state index in [0.29, 0.717) is 5.92 Å². The second-order valence-corrected chi connectivity index (χ2v) is 5.21. The standard InChI is InChI=1S/C16H22FN3/c1-18-12-13(7-8-16-19-9-10-20(16)2)11-14-5-3-4-6-15(14)17/h3-6,9-10,13,18H,7-8,11-12H2,1-2H3. The highest BCUT2D eigenvalue weighted by atomic mass is 19.1. The van der Waals surface area contributed by atoms with Crippen molar-refractivity contribution in [2.75, 3.05) is 13.6 Å². The van der Waals surface area contributed by atoms with E-state index in [1.165, 1.54) is 6.07 Å². The normalized spacial score (nSPS) is 12.6. The van der Waals surface area contributed by atoms with Crippen molar-refractivity contribution >= 4 is 0 Å². The van der Waals surface area contributed by atoms with Gasteiger partial charge in [0.25, 0.3) is 0 Å². The highest BCUT2D eigenvalue weighted by Gasteiger charge is 2.13. The van der Waals surface area contributed by atoms with E-state index in [1.54, 1.807) is 6.07 Å². The molecular formula is C16H22FN3. The lowest BCUT2D eigenvalue weighted by atomic mass is 9.94. The number of aromatic nitrogens is 2. The maximum atomic E-state index is 13.7. The molecule has 0 saturated heterocycles. The number of halogens is 1. The van der Waals surface area contributed by atoms with Crippen molar-refractivity contribution in [3.8, 4) is 0 Å². The lowest BCUT2D eigenvalue weighted by Gasteiger charge is -2.17. The third-order valence-corrected chi connectivity index (χ3v) is 3.66. The molecule has 0 fully saturated rings. The van der Waals surface area contributed by atoms with Crippen LogP contribution in [0, 0.1) is 11.7 Å². The molecule has 4 heteroatoms. The second-order valence-electron chi connectivity index (χ2n) is 5.21. The van der Waals surface area contributed by atoms with Crippen molar-refractivity contribution in [1.29, 1.82) is 0 Å². The Morgan fingerprint density at radius 2 is 2.15 bits per heavy atom. The van der Waals surface area contributed by atoms with Crippen molar-refractivity contribution in [3.05, 3.63) is 53.9 Å². The van der Waals surface area contributed by atoms with Crippen LogP contribution in [0.15, 0.2) is 36.7 Å². The van der Waals surface area contributed by atoms with Gasteiger partial charge >= 0.3 is 0 Å². The molecule has 3 nitrogen and oxygen atoms in total. The van der Waals surface area contributed by atoms with Gasteiger partial charge in [0.15, 0.2) is 0 Å². The SMILES string of the molecule is CNCC(CCc1nccn1C)Cc1ccccc1F. The summed E-state index contributed by atoms with van der Waals surface area (Å²) in [6.07, 6.45) is 6.46. The van der Waals surface area contributed by atoms with Gasteiger partial charge in [-0.3, -0.25) is 0 Å². The first-order valence-electron chi connectivity index (χ1n) is 7.05. The first-order valence-corrected chi connectivity index (χ1v) is 7.05. The average Bonchev–Trinajstić information content (AvgIpc) is 2.84. The maximum absolute atomic E-state index is 13.7. The predicted octanol–water partition coefficient (Wildman–Crippen LogP) is 2.57. The molecule has 1 aromatic carbocycles. The van der Waals surface area contributed by atoms with E-state index >= 15 is 0 Å². The Labute approximate surface area is 119 Å². The molecule has 1 heterocycles. The van der Waals surface area contributed by atoms with Crippen LogP contribution in [-0.2, 0) is 19.9 Å². The number of benzene rings is 1. The number of nitrogens with one attached hydrogen (secondary N) is 1. The van der Waals surface area contributed by atoms with Gasteiger partial charge in [-0.15, -0.1) is 0 Å². The lowest BCUT2D eigenvalue weighted by Crippen LogP contribution is -2.22. The fourth-order valence-corrected chi connectivity index (χ4v) is 2.51. The van der Waals surface area contributed by atoms with Crippen molar-refractivity contribution < 1.29 is 4.39 Å². The monoisotopic (exact) mass is 275 g/mol. The van der Waals surface area contributed by atoms with E-state index in [-0.39, 0.29) is 5.82 Å². The molecule has 0 spiro atoms. The van der Waals surface area contributed by atoms with E-state index in [4.69, 9.17) is 0 Å². The molecule has 2 rings (SSSR count). The number of nitrogens with zero attached hydrogens (tertiary/aromatic N) is 2. The summed E-state index contributed by atoms with van der Waals surface area (Å²) in [4.78, 5) is 4.34. The van der Waals surface area contributed by atoms with Crippen LogP contribution in [0.2, 0.25) is 0 Å². The number of aryl methyl sites for hydroxylation is 2. The van der Waals surface area contributed by atoms with Crippen molar-refractivity contribution in [1.82, 2.24) is 14.9 Å². The van der Waals surface area contributed by atoms with Crippen LogP contribution < -0.4 is 5.32 Å².